The Hall–Kier alpha value is -3.67. The lowest BCUT2D eigenvalue weighted by molar-refractivity contribution is -0.384. The number of halogens is 2. The number of nitro groups is 1. The van der Waals surface area contributed by atoms with Gasteiger partial charge in [-0.3, -0.25) is 24.0 Å². The van der Waals surface area contributed by atoms with Gasteiger partial charge in [-0.15, -0.1) is 0 Å². The number of carbonyl (C=O) groups excluding carboxylic acids is 2. The number of hydrogen-bond donors (Lipinski definition) is 1. The molecule has 0 aliphatic heterocycles. The van der Waals surface area contributed by atoms with Crippen molar-refractivity contribution in [1.82, 2.24) is 10.2 Å². The summed E-state index contributed by atoms with van der Waals surface area (Å²) < 4.78 is 28.4. The SMILES string of the molecule is CC[C@H](C)NC(=O)[C@H](C)N(Cc1ccc(Cl)c(Cl)c1)C(=O)CN(c1ccc([N+](=O)[O-])cc1)S(=O)(=O)c1ccccc1. The third kappa shape index (κ3) is 7.96. The second-order valence-corrected chi connectivity index (χ2v) is 12.0. The quantitative estimate of drug-likeness (QED) is 0.212. The van der Waals surface area contributed by atoms with Gasteiger partial charge in [-0.25, -0.2) is 8.42 Å². The summed E-state index contributed by atoms with van der Waals surface area (Å²) in [5, 5.41) is 14.6. The molecule has 3 rings (SSSR count). The molecule has 218 valence electrons. The van der Waals surface area contributed by atoms with Gasteiger partial charge in [0, 0.05) is 24.7 Å². The number of nitro benzene ring substituents is 1. The number of nitrogens with one attached hydrogen (secondary N) is 1. The predicted octanol–water partition coefficient (Wildman–Crippen LogP) is 5.43. The van der Waals surface area contributed by atoms with Crippen LogP contribution in [0.15, 0.2) is 77.7 Å². The van der Waals surface area contributed by atoms with Gasteiger partial charge in [-0.05, 0) is 62.2 Å². The van der Waals surface area contributed by atoms with Crippen molar-refractivity contribution in [2.45, 2.75) is 50.7 Å². The summed E-state index contributed by atoms with van der Waals surface area (Å²) in [7, 11) is -4.29. The molecule has 0 unspecified atom stereocenters. The van der Waals surface area contributed by atoms with Crippen LogP contribution >= 0.6 is 23.2 Å². The molecular formula is C28H30Cl2N4O6S. The highest BCUT2D eigenvalue weighted by Crippen LogP contribution is 2.27. The Morgan fingerprint density at radius 3 is 2.17 bits per heavy atom. The molecule has 0 heterocycles. The first-order valence-corrected chi connectivity index (χ1v) is 14.9. The van der Waals surface area contributed by atoms with Crippen molar-refractivity contribution in [2.24, 2.45) is 0 Å². The Labute approximate surface area is 249 Å². The fourth-order valence-corrected chi connectivity index (χ4v) is 5.63. The van der Waals surface area contributed by atoms with Crippen molar-refractivity contribution < 1.29 is 22.9 Å². The molecule has 2 amide bonds. The number of benzene rings is 3. The van der Waals surface area contributed by atoms with Crippen LogP contribution in [0, 0.1) is 10.1 Å². The molecule has 0 fully saturated rings. The van der Waals surface area contributed by atoms with Crippen LogP contribution in [-0.2, 0) is 26.2 Å². The van der Waals surface area contributed by atoms with E-state index in [0.717, 1.165) is 16.4 Å². The van der Waals surface area contributed by atoms with Crippen molar-refractivity contribution in [3.8, 4) is 0 Å². The summed E-state index contributed by atoms with van der Waals surface area (Å²) in [6.45, 7) is 4.54. The van der Waals surface area contributed by atoms with E-state index in [-0.39, 0.29) is 33.9 Å². The third-order valence-electron chi connectivity index (χ3n) is 6.46. The maximum absolute atomic E-state index is 13.9. The average Bonchev–Trinajstić information content (AvgIpc) is 2.96. The fraction of sp³-hybridized carbons (Fsp3) is 0.286. The molecule has 1 N–H and O–H groups in total. The zero-order chi connectivity index (χ0) is 30.3. The minimum Gasteiger partial charge on any atom is -0.352 e. The largest absolute Gasteiger partial charge is 0.352 e. The topological polar surface area (TPSA) is 130 Å². The Balaban J connectivity index is 2.05. The number of non-ortho nitro benzene ring substituents is 1. The molecule has 0 aromatic heterocycles. The lowest BCUT2D eigenvalue weighted by atomic mass is 10.1. The van der Waals surface area contributed by atoms with Crippen molar-refractivity contribution in [2.75, 3.05) is 10.8 Å². The van der Waals surface area contributed by atoms with Gasteiger partial charge in [0.15, 0.2) is 0 Å². The number of anilines is 1. The van der Waals surface area contributed by atoms with Crippen LogP contribution in [-0.4, -0.2) is 48.7 Å². The highest BCUT2D eigenvalue weighted by Gasteiger charge is 2.33. The lowest BCUT2D eigenvalue weighted by Crippen LogP contribution is -2.52. The molecule has 0 aliphatic rings. The molecule has 2 atom stereocenters. The van der Waals surface area contributed by atoms with Gasteiger partial charge in [0.1, 0.15) is 12.6 Å². The fourth-order valence-electron chi connectivity index (χ4n) is 3.87. The maximum atomic E-state index is 13.9. The van der Waals surface area contributed by atoms with E-state index in [0.29, 0.717) is 17.0 Å². The van der Waals surface area contributed by atoms with Gasteiger partial charge in [0.2, 0.25) is 11.8 Å². The zero-order valence-electron chi connectivity index (χ0n) is 22.7. The number of sulfonamides is 1. The molecule has 13 heteroatoms. The van der Waals surface area contributed by atoms with Crippen LogP contribution in [0.5, 0.6) is 0 Å². The normalized spacial score (nSPS) is 12.7. The predicted molar refractivity (Wildman–Crippen MR) is 158 cm³/mol. The Morgan fingerprint density at radius 2 is 1.61 bits per heavy atom. The minimum atomic E-state index is -4.29. The number of carbonyl (C=O) groups is 2. The van der Waals surface area contributed by atoms with Crippen molar-refractivity contribution in [3.05, 3.63) is 98.5 Å². The summed E-state index contributed by atoms with van der Waals surface area (Å²) in [6.07, 6.45) is 0.669. The lowest BCUT2D eigenvalue weighted by Gasteiger charge is -2.32. The summed E-state index contributed by atoms with van der Waals surface area (Å²) in [6, 6.07) is 16.0. The molecule has 3 aromatic rings. The number of hydrogen-bond acceptors (Lipinski definition) is 6. The Morgan fingerprint density at radius 1 is 0.976 bits per heavy atom. The number of amides is 2. The molecule has 41 heavy (non-hydrogen) atoms. The van der Waals surface area contributed by atoms with Crippen molar-refractivity contribution in [1.29, 1.82) is 0 Å². The number of rotatable bonds is 12. The maximum Gasteiger partial charge on any atom is 0.269 e. The van der Waals surface area contributed by atoms with Gasteiger partial charge in [-0.2, -0.15) is 0 Å². The third-order valence-corrected chi connectivity index (χ3v) is 8.99. The molecule has 0 spiro atoms. The molecular weight excluding hydrogens is 591 g/mol. The van der Waals surface area contributed by atoms with E-state index in [1.54, 1.807) is 43.3 Å². The zero-order valence-corrected chi connectivity index (χ0v) is 25.0. The molecule has 0 saturated carbocycles. The van der Waals surface area contributed by atoms with E-state index in [1.807, 2.05) is 13.8 Å². The van der Waals surface area contributed by atoms with E-state index in [4.69, 9.17) is 23.2 Å². The second kappa shape index (κ2) is 13.8. The summed E-state index contributed by atoms with van der Waals surface area (Å²) in [5.74, 6) is -1.10. The van der Waals surface area contributed by atoms with E-state index in [9.17, 15) is 28.1 Å². The minimum absolute atomic E-state index is 0.0407. The first kappa shape index (κ1) is 31.9. The molecule has 0 saturated heterocycles. The molecule has 0 radical (unpaired) electrons. The van der Waals surface area contributed by atoms with Crippen molar-refractivity contribution in [3.63, 3.8) is 0 Å². The van der Waals surface area contributed by atoms with Gasteiger partial charge in [0.25, 0.3) is 15.7 Å². The van der Waals surface area contributed by atoms with E-state index in [1.165, 1.54) is 29.2 Å². The van der Waals surface area contributed by atoms with Crippen LogP contribution in [0.25, 0.3) is 0 Å². The van der Waals surface area contributed by atoms with Crippen LogP contribution in [0.3, 0.4) is 0 Å². The molecule has 10 nitrogen and oxygen atoms in total. The standard InChI is InChI=1S/C28H30Cl2N4O6S/c1-4-19(2)31-28(36)20(3)32(17-21-10-15-25(29)26(30)16-21)27(35)18-33(22-11-13-23(14-12-22)34(37)38)41(39,40)24-8-6-5-7-9-24/h5-16,19-20H,4,17-18H2,1-3H3,(H,31,36)/t19-,20-/m0/s1. The molecule has 3 aromatic carbocycles. The van der Waals surface area contributed by atoms with Crippen LogP contribution < -0.4 is 9.62 Å². The molecule has 0 bridgehead atoms. The highest BCUT2D eigenvalue weighted by molar-refractivity contribution is 7.92. The van der Waals surface area contributed by atoms with Gasteiger partial charge < -0.3 is 10.2 Å². The van der Waals surface area contributed by atoms with Crippen LogP contribution in [0.4, 0.5) is 11.4 Å². The van der Waals surface area contributed by atoms with Crippen molar-refractivity contribution >= 4 is 56.4 Å². The van der Waals surface area contributed by atoms with E-state index >= 15 is 0 Å². The number of nitrogens with zero attached hydrogens (tertiary/aromatic N) is 3. The van der Waals surface area contributed by atoms with Crippen LogP contribution in [0.2, 0.25) is 10.0 Å². The van der Waals surface area contributed by atoms with Gasteiger partial charge in [0.05, 0.1) is 25.6 Å². The van der Waals surface area contributed by atoms with Crippen LogP contribution in [0.1, 0.15) is 32.8 Å². The Bertz CT molecular complexity index is 1500. The monoisotopic (exact) mass is 620 g/mol. The summed E-state index contributed by atoms with van der Waals surface area (Å²) in [4.78, 5) is 38.8. The first-order valence-electron chi connectivity index (χ1n) is 12.7. The Kier molecular flexibility index (Phi) is 10.7. The van der Waals surface area contributed by atoms with E-state index in [2.05, 4.69) is 5.32 Å². The average molecular weight is 622 g/mol. The highest BCUT2D eigenvalue weighted by atomic mass is 35.5. The van der Waals surface area contributed by atoms with E-state index < -0.39 is 39.3 Å². The summed E-state index contributed by atoms with van der Waals surface area (Å²) >= 11 is 12.2. The summed E-state index contributed by atoms with van der Waals surface area (Å²) in [5.41, 5.74) is 0.372. The molecule has 0 aliphatic carbocycles. The van der Waals surface area contributed by atoms with Gasteiger partial charge >= 0.3 is 0 Å². The first-order chi connectivity index (χ1) is 19.3. The second-order valence-electron chi connectivity index (χ2n) is 9.36. The van der Waals surface area contributed by atoms with Gasteiger partial charge in [-0.1, -0.05) is 54.4 Å². The smallest absolute Gasteiger partial charge is 0.269 e.